The molecule has 2 saturated heterocycles. The van der Waals surface area contributed by atoms with Gasteiger partial charge in [0.25, 0.3) is 0 Å². The summed E-state index contributed by atoms with van der Waals surface area (Å²) in [5.41, 5.74) is 0.143. The maximum absolute atomic E-state index is 12.3. The molecular formula is C15H29N3O. The normalized spacial score (nSPS) is 25.8. The molecule has 2 rings (SSSR count). The second-order valence-corrected chi connectivity index (χ2v) is 6.76. The number of hydrogen-bond donors (Lipinski definition) is 1. The molecule has 0 saturated carbocycles. The van der Waals surface area contributed by atoms with Crippen molar-refractivity contribution in [1.82, 2.24) is 15.1 Å². The number of hydrogen-bond acceptors (Lipinski definition) is 3. The Labute approximate surface area is 117 Å². The van der Waals surface area contributed by atoms with E-state index in [-0.39, 0.29) is 5.41 Å². The highest BCUT2D eigenvalue weighted by atomic mass is 16.2. The van der Waals surface area contributed by atoms with Crippen LogP contribution in [0, 0.1) is 5.41 Å². The van der Waals surface area contributed by atoms with Crippen LogP contribution in [0.4, 0.5) is 0 Å². The number of piperazine rings is 1. The number of rotatable bonds is 4. The van der Waals surface area contributed by atoms with Gasteiger partial charge in [0, 0.05) is 51.7 Å². The van der Waals surface area contributed by atoms with Crippen LogP contribution in [0.2, 0.25) is 0 Å². The van der Waals surface area contributed by atoms with Gasteiger partial charge in [-0.2, -0.15) is 0 Å². The van der Waals surface area contributed by atoms with Crippen LogP contribution in [0.1, 0.15) is 40.0 Å². The Balaban J connectivity index is 1.82. The van der Waals surface area contributed by atoms with E-state index in [0.29, 0.717) is 18.4 Å². The summed E-state index contributed by atoms with van der Waals surface area (Å²) in [6.07, 6.45) is 2.91. The molecule has 0 aromatic heterocycles. The van der Waals surface area contributed by atoms with Gasteiger partial charge >= 0.3 is 0 Å². The summed E-state index contributed by atoms with van der Waals surface area (Å²) >= 11 is 0. The van der Waals surface area contributed by atoms with Crippen molar-refractivity contribution in [2.45, 2.75) is 46.1 Å². The molecule has 0 radical (unpaired) electrons. The average Bonchev–Trinajstić information content (AvgIpc) is 2.89. The minimum Gasteiger partial charge on any atom is -0.341 e. The summed E-state index contributed by atoms with van der Waals surface area (Å²) in [5.74, 6) is 0.351. The van der Waals surface area contributed by atoms with Crippen LogP contribution in [0.3, 0.4) is 0 Å². The van der Waals surface area contributed by atoms with Crippen molar-refractivity contribution in [2.24, 2.45) is 5.41 Å². The van der Waals surface area contributed by atoms with Crippen molar-refractivity contribution in [3.05, 3.63) is 0 Å². The zero-order valence-corrected chi connectivity index (χ0v) is 12.7. The van der Waals surface area contributed by atoms with Crippen LogP contribution in [-0.4, -0.2) is 61.0 Å². The Kier molecular flexibility index (Phi) is 4.85. The van der Waals surface area contributed by atoms with Crippen LogP contribution >= 0.6 is 0 Å². The molecule has 2 fully saturated rings. The summed E-state index contributed by atoms with van der Waals surface area (Å²) in [6, 6.07) is 0.593. The predicted molar refractivity (Wildman–Crippen MR) is 78.1 cm³/mol. The fourth-order valence-corrected chi connectivity index (χ4v) is 2.96. The van der Waals surface area contributed by atoms with Crippen LogP contribution in [0.25, 0.3) is 0 Å². The molecule has 4 heteroatoms. The lowest BCUT2D eigenvalue weighted by atomic mass is 9.86. The van der Waals surface area contributed by atoms with Crippen molar-refractivity contribution in [3.63, 3.8) is 0 Å². The van der Waals surface area contributed by atoms with Crippen LogP contribution in [0.15, 0.2) is 0 Å². The molecule has 110 valence electrons. The molecule has 19 heavy (non-hydrogen) atoms. The van der Waals surface area contributed by atoms with Crippen LogP contribution in [-0.2, 0) is 4.79 Å². The van der Waals surface area contributed by atoms with Crippen molar-refractivity contribution >= 4 is 5.91 Å². The molecule has 0 bridgehead atoms. The third-order valence-electron chi connectivity index (χ3n) is 4.77. The molecule has 1 atom stereocenters. The lowest BCUT2D eigenvalue weighted by molar-refractivity contribution is -0.132. The van der Waals surface area contributed by atoms with Gasteiger partial charge in [-0.3, -0.25) is 9.69 Å². The van der Waals surface area contributed by atoms with E-state index < -0.39 is 0 Å². The average molecular weight is 267 g/mol. The fraction of sp³-hybridized carbons (Fsp3) is 0.933. The number of nitrogens with one attached hydrogen (secondary N) is 1. The van der Waals surface area contributed by atoms with Crippen LogP contribution in [0.5, 0.6) is 0 Å². The number of nitrogens with zero attached hydrogens (tertiary/aromatic N) is 2. The van der Waals surface area contributed by atoms with E-state index in [2.05, 4.69) is 35.9 Å². The van der Waals surface area contributed by atoms with E-state index in [4.69, 9.17) is 0 Å². The maximum Gasteiger partial charge on any atom is 0.223 e. The second-order valence-electron chi connectivity index (χ2n) is 6.76. The Bertz CT molecular complexity index is 311. The standard InChI is InChI=1S/C15H29N3O/c1-4-15(2,3)11-14(19)18-8-5-13(12-18)17-9-6-16-7-10-17/h13,16H,4-12H2,1-3H3. The molecule has 2 aliphatic heterocycles. The second kappa shape index (κ2) is 6.23. The van der Waals surface area contributed by atoms with Gasteiger partial charge in [0.15, 0.2) is 0 Å². The molecule has 0 spiro atoms. The SMILES string of the molecule is CCC(C)(C)CC(=O)N1CCC(N2CCNCC2)C1. The first-order valence-electron chi connectivity index (χ1n) is 7.74. The fourth-order valence-electron chi connectivity index (χ4n) is 2.96. The Morgan fingerprint density at radius 1 is 1.26 bits per heavy atom. The number of amides is 1. The minimum absolute atomic E-state index is 0.143. The van der Waals surface area contributed by atoms with Gasteiger partial charge in [0.05, 0.1) is 0 Å². The minimum atomic E-state index is 0.143. The predicted octanol–water partition coefficient (Wildman–Crippen LogP) is 1.32. The molecule has 2 heterocycles. The lowest BCUT2D eigenvalue weighted by Gasteiger charge is -2.32. The van der Waals surface area contributed by atoms with Crippen molar-refractivity contribution in [3.8, 4) is 0 Å². The van der Waals surface area contributed by atoms with Gasteiger partial charge in [-0.05, 0) is 11.8 Å². The lowest BCUT2D eigenvalue weighted by Crippen LogP contribution is -2.49. The highest BCUT2D eigenvalue weighted by molar-refractivity contribution is 5.77. The largest absolute Gasteiger partial charge is 0.341 e. The van der Waals surface area contributed by atoms with Gasteiger partial charge in [-0.25, -0.2) is 0 Å². The van der Waals surface area contributed by atoms with Gasteiger partial charge in [-0.1, -0.05) is 27.2 Å². The Hall–Kier alpha value is -0.610. The summed E-state index contributed by atoms with van der Waals surface area (Å²) in [4.78, 5) is 17.0. The van der Waals surface area contributed by atoms with E-state index in [1.165, 1.54) is 0 Å². The topological polar surface area (TPSA) is 35.6 Å². The molecule has 0 aromatic rings. The highest BCUT2D eigenvalue weighted by Crippen LogP contribution is 2.27. The van der Waals surface area contributed by atoms with Gasteiger partial charge in [0.2, 0.25) is 5.91 Å². The van der Waals surface area contributed by atoms with E-state index >= 15 is 0 Å². The number of likely N-dealkylation sites (tertiary alicyclic amines) is 1. The molecule has 1 unspecified atom stereocenters. The molecule has 0 aliphatic carbocycles. The first kappa shape index (κ1) is 14.8. The summed E-state index contributed by atoms with van der Waals surface area (Å²) in [6.45, 7) is 12.9. The van der Waals surface area contributed by atoms with E-state index in [1.807, 2.05) is 0 Å². The monoisotopic (exact) mass is 267 g/mol. The smallest absolute Gasteiger partial charge is 0.223 e. The number of carbonyl (C=O) groups is 1. The molecule has 1 amide bonds. The van der Waals surface area contributed by atoms with Gasteiger partial charge in [0.1, 0.15) is 0 Å². The van der Waals surface area contributed by atoms with Gasteiger partial charge in [-0.15, -0.1) is 0 Å². The molecule has 0 aromatic carbocycles. The van der Waals surface area contributed by atoms with Crippen molar-refractivity contribution < 1.29 is 4.79 Å². The third kappa shape index (κ3) is 3.93. The molecule has 2 aliphatic rings. The highest BCUT2D eigenvalue weighted by Gasteiger charge is 2.32. The first-order valence-corrected chi connectivity index (χ1v) is 7.74. The molecule has 4 nitrogen and oxygen atoms in total. The van der Waals surface area contributed by atoms with E-state index in [0.717, 1.165) is 52.1 Å². The Morgan fingerprint density at radius 3 is 2.58 bits per heavy atom. The zero-order chi connectivity index (χ0) is 13.9. The first-order chi connectivity index (χ1) is 9.02. The van der Waals surface area contributed by atoms with E-state index in [9.17, 15) is 4.79 Å². The number of carbonyl (C=O) groups excluding carboxylic acids is 1. The van der Waals surface area contributed by atoms with Crippen molar-refractivity contribution in [2.75, 3.05) is 39.3 Å². The summed E-state index contributed by atoms with van der Waals surface area (Å²) < 4.78 is 0. The van der Waals surface area contributed by atoms with Gasteiger partial charge < -0.3 is 10.2 Å². The maximum atomic E-state index is 12.3. The third-order valence-corrected chi connectivity index (χ3v) is 4.77. The Morgan fingerprint density at radius 2 is 1.95 bits per heavy atom. The quantitative estimate of drug-likeness (QED) is 0.834. The molecule has 1 N–H and O–H groups in total. The van der Waals surface area contributed by atoms with Crippen molar-refractivity contribution in [1.29, 1.82) is 0 Å². The van der Waals surface area contributed by atoms with E-state index in [1.54, 1.807) is 0 Å². The summed E-state index contributed by atoms with van der Waals surface area (Å²) in [7, 11) is 0. The zero-order valence-electron chi connectivity index (χ0n) is 12.7. The summed E-state index contributed by atoms with van der Waals surface area (Å²) in [5, 5.41) is 3.39. The van der Waals surface area contributed by atoms with Crippen LogP contribution < -0.4 is 5.32 Å². The molecular weight excluding hydrogens is 238 g/mol.